The number of hydrogen-bond acceptors (Lipinski definition) is 5. The van der Waals surface area contributed by atoms with E-state index >= 15 is 0 Å². The van der Waals surface area contributed by atoms with Crippen molar-refractivity contribution in [1.29, 1.82) is 0 Å². The van der Waals surface area contributed by atoms with Crippen molar-refractivity contribution < 1.29 is 22.3 Å². The maximum absolute atomic E-state index is 13.0. The molecule has 8 heteroatoms. The number of ether oxygens (including phenoxy) is 2. The fourth-order valence-corrected chi connectivity index (χ4v) is 7.32. The summed E-state index contributed by atoms with van der Waals surface area (Å²) in [6.07, 6.45) is 4.85. The normalized spacial score (nSPS) is 18.5. The zero-order valence-electron chi connectivity index (χ0n) is 24.3. The van der Waals surface area contributed by atoms with Crippen molar-refractivity contribution in [3.63, 3.8) is 0 Å². The number of nitrogens with zero attached hydrogens (tertiary/aromatic N) is 1. The molecule has 0 aliphatic carbocycles. The van der Waals surface area contributed by atoms with Gasteiger partial charge in [0.25, 0.3) is 0 Å². The molecule has 0 N–H and O–H groups in total. The van der Waals surface area contributed by atoms with Crippen LogP contribution in [-0.2, 0) is 25.8 Å². The second-order valence-corrected chi connectivity index (χ2v) is 18.6. The average Bonchev–Trinajstić information content (AvgIpc) is 3.18. The van der Waals surface area contributed by atoms with Crippen LogP contribution in [0.3, 0.4) is 0 Å². The lowest BCUT2D eigenvalue weighted by Crippen LogP contribution is -2.45. The molecule has 212 valence electrons. The van der Waals surface area contributed by atoms with Gasteiger partial charge in [-0.2, -0.15) is 0 Å². The van der Waals surface area contributed by atoms with Crippen LogP contribution in [-0.4, -0.2) is 42.2 Å². The van der Waals surface area contributed by atoms with Crippen LogP contribution in [0.15, 0.2) is 48.5 Å². The predicted octanol–water partition coefficient (Wildman–Crippen LogP) is 7.46. The van der Waals surface area contributed by atoms with Crippen LogP contribution in [0.2, 0.25) is 18.1 Å². The summed E-state index contributed by atoms with van der Waals surface area (Å²) >= 11 is 0. The highest BCUT2D eigenvalue weighted by Crippen LogP contribution is 2.38. The quantitative estimate of drug-likeness (QED) is 0.188. The standard InChI is InChI=1S/C30H47NO5SSi/c1-8-9-10-11-29(35-22-24-12-18-28(34-5)19-13-24)25-14-16-26(17-15-25)31-27(20-21-37(31,32)33)23-36-38(6,7)30(2,3)4/h12-19,27,29H,8-11,20-23H2,1-7H3. The summed E-state index contributed by atoms with van der Waals surface area (Å²) in [7, 11) is -3.68. The van der Waals surface area contributed by atoms with E-state index < -0.39 is 18.3 Å². The number of rotatable bonds is 13. The van der Waals surface area contributed by atoms with Gasteiger partial charge in [-0.1, -0.05) is 71.2 Å². The molecule has 1 saturated heterocycles. The third-order valence-corrected chi connectivity index (χ3v) is 14.3. The van der Waals surface area contributed by atoms with Crippen molar-refractivity contribution >= 4 is 24.0 Å². The first-order chi connectivity index (χ1) is 17.9. The number of benzene rings is 2. The largest absolute Gasteiger partial charge is 0.497 e. The van der Waals surface area contributed by atoms with Crippen molar-refractivity contribution in [3.05, 3.63) is 59.7 Å². The minimum absolute atomic E-state index is 0.0504. The fourth-order valence-electron chi connectivity index (χ4n) is 4.45. The summed E-state index contributed by atoms with van der Waals surface area (Å²) < 4.78 is 45.7. The van der Waals surface area contributed by atoms with Gasteiger partial charge in [-0.15, -0.1) is 0 Å². The predicted molar refractivity (Wildman–Crippen MR) is 159 cm³/mol. The summed E-state index contributed by atoms with van der Waals surface area (Å²) in [6, 6.07) is 15.7. The van der Waals surface area contributed by atoms with Gasteiger partial charge in [-0.3, -0.25) is 4.31 Å². The Labute approximate surface area is 231 Å². The molecule has 2 aromatic rings. The zero-order chi connectivity index (χ0) is 28.0. The zero-order valence-corrected chi connectivity index (χ0v) is 26.1. The van der Waals surface area contributed by atoms with E-state index in [0.29, 0.717) is 25.3 Å². The van der Waals surface area contributed by atoms with Crippen LogP contribution in [0.4, 0.5) is 5.69 Å². The van der Waals surface area contributed by atoms with Gasteiger partial charge in [0.15, 0.2) is 8.32 Å². The van der Waals surface area contributed by atoms with Crippen molar-refractivity contribution in [2.45, 2.75) is 96.7 Å². The Morgan fingerprint density at radius 1 is 1.03 bits per heavy atom. The topological polar surface area (TPSA) is 65.1 Å². The van der Waals surface area contributed by atoms with Gasteiger partial charge in [0.05, 0.1) is 43.9 Å². The van der Waals surface area contributed by atoms with E-state index in [4.69, 9.17) is 13.9 Å². The maximum Gasteiger partial charge on any atom is 0.235 e. The molecule has 0 bridgehead atoms. The molecule has 2 atom stereocenters. The lowest BCUT2D eigenvalue weighted by Gasteiger charge is -2.38. The first-order valence-corrected chi connectivity index (χ1v) is 18.4. The highest BCUT2D eigenvalue weighted by molar-refractivity contribution is 7.93. The molecule has 2 unspecified atom stereocenters. The second kappa shape index (κ2) is 13.0. The smallest absolute Gasteiger partial charge is 0.235 e. The average molecular weight is 562 g/mol. The van der Waals surface area contributed by atoms with Crippen molar-refractivity contribution in [2.75, 3.05) is 23.8 Å². The minimum atomic E-state index is -3.37. The van der Waals surface area contributed by atoms with E-state index in [1.165, 1.54) is 0 Å². The third kappa shape index (κ3) is 7.84. The van der Waals surface area contributed by atoms with E-state index in [-0.39, 0.29) is 22.9 Å². The molecule has 1 aliphatic rings. The minimum Gasteiger partial charge on any atom is -0.497 e. The molecule has 0 saturated carbocycles. The summed E-state index contributed by atoms with van der Waals surface area (Å²) in [5.74, 6) is 0.985. The highest BCUT2D eigenvalue weighted by atomic mass is 32.2. The third-order valence-electron chi connectivity index (χ3n) is 7.98. The van der Waals surface area contributed by atoms with Crippen LogP contribution in [0.5, 0.6) is 5.75 Å². The van der Waals surface area contributed by atoms with Gasteiger partial charge >= 0.3 is 0 Å². The van der Waals surface area contributed by atoms with Gasteiger partial charge in [0.1, 0.15) is 5.75 Å². The Balaban J connectivity index is 1.75. The van der Waals surface area contributed by atoms with E-state index in [1.54, 1.807) is 11.4 Å². The Morgan fingerprint density at radius 2 is 1.68 bits per heavy atom. The molecular formula is C30H47NO5SSi. The Morgan fingerprint density at radius 3 is 2.26 bits per heavy atom. The van der Waals surface area contributed by atoms with Crippen LogP contribution in [0.1, 0.15) is 77.0 Å². The fraction of sp³-hybridized carbons (Fsp3) is 0.600. The number of anilines is 1. The van der Waals surface area contributed by atoms with Gasteiger partial charge in [0.2, 0.25) is 10.0 Å². The molecular weight excluding hydrogens is 514 g/mol. The number of hydrogen-bond donors (Lipinski definition) is 0. The second-order valence-electron chi connectivity index (χ2n) is 11.9. The van der Waals surface area contributed by atoms with E-state index in [0.717, 1.165) is 42.6 Å². The monoisotopic (exact) mass is 561 g/mol. The van der Waals surface area contributed by atoms with Crippen molar-refractivity contribution in [1.82, 2.24) is 0 Å². The van der Waals surface area contributed by atoms with Crippen LogP contribution in [0, 0.1) is 0 Å². The lowest BCUT2D eigenvalue weighted by molar-refractivity contribution is 0.0322. The molecule has 0 amide bonds. The molecule has 38 heavy (non-hydrogen) atoms. The number of methoxy groups -OCH3 is 1. The molecule has 6 nitrogen and oxygen atoms in total. The van der Waals surface area contributed by atoms with Gasteiger partial charge in [-0.05, 0) is 66.4 Å². The summed E-state index contributed by atoms with van der Waals surface area (Å²) in [4.78, 5) is 0. The van der Waals surface area contributed by atoms with Crippen LogP contribution in [0.25, 0.3) is 0 Å². The first kappa shape index (κ1) is 30.7. The molecule has 1 aliphatic heterocycles. The Hall–Kier alpha value is -1.87. The Bertz CT molecular complexity index is 1110. The first-order valence-electron chi connectivity index (χ1n) is 13.9. The number of unbranched alkanes of at least 4 members (excludes halogenated alkanes) is 2. The van der Waals surface area contributed by atoms with Crippen LogP contribution >= 0.6 is 0 Å². The SMILES string of the molecule is CCCCCC(OCc1ccc(OC)cc1)c1ccc(N2C(CO[Si](C)(C)C(C)(C)C)CCS2(=O)=O)cc1. The molecule has 3 rings (SSSR count). The molecule has 1 fully saturated rings. The van der Waals surface area contributed by atoms with Crippen LogP contribution < -0.4 is 9.04 Å². The molecule has 0 aromatic heterocycles. The highest BCUT2D eigenvalue weighted by Gasteiger charge is 2.42. The summed E-state index contributed by atoms with van der Waals surface area (Å²) in [6.45, 7) is 14.2. The maximum atomic E-state index is 13.0. The van der Waals surface area contributed by atoms with Gasteiger partial charge in [-0.25, -0.2) is 8.42 Å². The van der Waals surface area contributed by atoms with Gasteiger partial charge < -0.3 is 13.9 Å². The van der Waals surface area contributed by atoms with Gasteiger partial charge in [0, 0.05) is 0 Å². The van der Waals surface area contributed by atoms with Crippen molar-refractivity contribution in [2.24, 2.45) is 0 Å². The molecule has 2 aromatic carbocycles. The Kier molecular flexibility index (Phi) is 10.5. The van der Waals surface area contributed by atoms with E-state index in [9.17, 15) is 8.42 Å². The summed E-state index contributed by atoms with van der Waals surface area (Å²) in [5.41, 5.74) is 2.87. The van der Waals surface area contributed by atoms with Crippen molar-refractivity contribution in [3.8, 4) is 5.75 Å². The lowest BCUT2D eigenvalue weighted by atomic mass is 10.0. The molecule has 0 spiro atoms. The number of sulfonamides is 1. The van der Waals surface area contributed by atoms with E-state index in [2.05, 4.69) is 40.8 Å². The molecule has 1 heterocycles. The van der Waals surface area contributed by atoms with E-state index in [1.807, 2.05) is 48.5 Å². The molecule has 0 radical (unpaired) electrons. The summed E-state index contributed by atoms with van der Waals surface area (Å²) in [5, 5.41) is 0.0789.